The summed E-state index contributed by atoms with van der Waals surface area (Å²) in [5.74, 6) is 0.755. The summed E-state index contributed by atoms with van der Waals surface area (Å²) in [6, 6.07) is 5.81. The van der Waals surface area contributed by atoms with Gasteiger partial charge in [0, 0.05) is 36.3 Å². The number of nitrogens with one attached hydrogen (secondary N) is 2. The standard InChI is InChI=1S/C20H25N5O3/c1-2-19(26)25(15-7-4-8-21-12-15)18-11-17(23-24-18)13-9-16(10-13)28-20(27)22-14-5-3-6-14/h4,7-8,11-14,16H,2-3,5-6,9-10H2,1H3,(H,22,27)(H,23,24). The van der Waals surface area contributed by atoms with Crippen LogP contribution in [0.5, 0.6) is 0 Å². The Morgan fingerprint density at radius 3 is 2.82 bits per heavy atom. The second kappa shape index (κ2) is 8.00. The van der Waals surface area contributed by atoms with Crippen LogP contribution in [0.1, 0.15) is 57.1 Å². The average Bonchev–Trinajstić information content (AvgIpc) is 3.10. The highest BCUT2D eigenvalue weighted by Crippen LogP contribution is 2.39. The first-order chi connectivity index (χ1) is 13.6. The Kier molecular flexibility index (Phi) is 5.27. The summed E-state index contributed by atoms with van der Waals surface area (Å²) in [5.41, 5.74) is 1.64. The van der Waals surface area contributed by atoms with E-state index < -0.39 is 0 Å². The van der Waals surface area contributed by atoms with Crippen molar-refractivity contribution in [3.05, 3.63) is 36.3 Å². The Labute approximate surface area is 163 Å². The Morgan fingerprint density at radius 1 is 1.36 bits per heavy atom. The highest BCUT2D eigenvalue weighted by atomic mass is 16.6. The second-order valence-electron chi connectivity index (χ2n) is 7.44. The molecule has 148 valence electrons. The van der Waals surface area contributed by atoms with Gasteiger partial charge < -0.3 is 10.1 Å². The Hall–Kier alpha value is -2.90. The first-order valence-corrected chi connectivity index (χ1v) is 9.89. The molecule has 4 rings (SSSR count). The minimum absolute atomic E-state index is 0.0477. The predicted molar refractivity (Wildman–Crippen MR) is 103 cm³/mol. The van der Waals surface area contributed by atoms with E-state index in [0.29, 0.717) is 17.9 Å². The maximum Gasteiger partial charge on any atom is 0.407 e. The van der Waals surface area contributed by atoms with Gasteiger partial charge in [0.1, 0.15) is 6.10 Å². The van der Waals surface area contributed by atoms with Gasteiger partial charge in [-0.2, -0.15) is 5.10 Å². The zero-order chi connectivity index (χ0) is 19.5. The van der Waals surface area contributed by atoms with Crippen LogP contribution < -0.4 is 10.2 Å². The molecule has 2 amide bonds. The van der Waals surface area contributed by atoms with Gasteiger partial charge in [0.25, 0.3) is 0 Å². The summed E-state index contributed by atoms with van der Waals surface area (Å²) in [4.78, 5) is 30.0. The van der Waals surface area contributed by atoms with Crippen LogP contribution >= 0.6 is 0 Å². The third-order valence-corrected chi connectivity index (χ3v) is 5.50. The number of ether oxygens (including phenoxy) is 1. The fourth-order valence-electron chi connectivity index (χ4n) is 3.52. The summed E-state index contributed by atoms with van der Waals surface area (Å²) in [5, 5.41) is 10.3. The van der Waals surface area contributed by atoms with Gasteiger partial charge in [-0.1, -0.05) is 6.92 Å². The molecule has 2 aliphatic rings. The minimum atomic E-state index is -0.310. The van der Waals surface area contributed by atoms with E-state index in [1.165, 1.54) is 6.42 Å². The average molecular weight is 383 g/mol. The Morgan fingerprint density at radius 2 is 2.18 bits per heavy atom. The first kappa shape index (κ1) is 18.5. The lowest BCUT2D eigenvalue weighted by molar-refractivity contribution is -0.117. The van der Waals surface area contributed by atoms with Gasteiger partial charge >= 0.3 is 6.09 Å². The summed E-state index contributed by atoms with van der Waals surface area (Å²) in [6.45, 7) is 1.82. The fourth-order valence-corrected chi connectivity index (χ4v) is 3.52. The molecule has 0 radical (unpaired) electrons. The third kappa shape index (κ3) is 3.85. The molecule has 28 heavy (non-hydrogen) atoms. The molecule has 0 aliphatic heterocycles. The lowest BCUT2D eigenvalue weighted by Gasteiger charge is -2.35. The SMILES string of the molecule is CCC(=O)N(c1cccnc1)c1cc(C2CC(OC(=O)NC3CCC3)C2)[nH]n1. The Balaban J connectivity index is 1.36. The van der Waals surface area contributed by atoms with Crippen LogP contribution in [0, 0.1) is 0 Å². The van der Waals surface area contributed by atoms with Crippen molar-refractivity contribution < 1.29 is 14.3 Å². The topological polar surface area (TPSA) is 100 Å². The largest absolute Gasteiger partial charge is 0.446 e. The molecule has 0 bridgehead atoms. The molecule has 0 unspecified atom stereocenters. The minimum Gasteiger partial charge on any atom is -0.446 e. The smallest absolute Gasteiger partial charge is 0.407 e. The zero-order valence-electron chi connectivity index (χ0n) is 15.9. The van der Waals surface area contributed by atoms with Crippen molar-refractivity contribution in [3.63, 3.8) is 0 Å². The Bertz CT molecular complexity index is 827. The van der Waals surface area contributed by atoms with E-state index in [0.717, 1.165) is 31.4 Å². The van der Waals surface area contributed by atoms with Crippen LogP contribution in [-0.4, -0.2) is 39.3 Å². The number of nitrogens with zero attached hydrogens (tertiary/aromatic N) is 3. The van der Waals surface area contributed by atoms with Crippen LogP contribution in [0.2, 0.25) is 0 Å². The molecule has 2 aromatic rings. The number of aromatic nitrogens is 3. The van der Waals surface area contributed by atoms with Crippen LogP contribution in [0.4, 0.5) is 16.3 Å². The van der Waals surface area contributed by atoms with Gasteiger partial charge in [0.15, 0.2) is 5.82 Å². The maximum atomic E-state index is 12.4. The first-order valence-electron chi connectivity index (χ1n) is 9.89. The third-order valence-electron chi connectivity index (χ3n) is 5.50. The van der Waals surface area contributed by atoms with Gasteiger partial charge in [0.05, 0.1) is 11.9 Å². The van der Waals surface area contributed by atoms with Crippen molar-refractivity contribution in [2.45, 2.75) is 63.5 Å². The van der Waals surface area contributed by atoms with Gasteiger partial charge in [-0.3, -0.25) is 19.8 Å². The number of anilines is 2. The van der Waals surface area contributed by atoms with Crippen LogP contribution in [0.25, 0.3) is 0 Å². The molecule has 2 saturated carbocycles. The van der Waals surface area contributed by atoms with Crippen molar-refractivity contribution in [2.75, 3.05) is 4.90 Å². The molecule has 2 aromatic heterocycles. The van der Waals surface area contributed by atoms with Gasteiger partial charge in [-0.15, -0.1) is 0 Å². The molecular weight excluding hydrogens is 358 g/mol. The van der Waals surface area contributed by atoms with Crippen LogP contribution in [-0.2, 0) is 9.53 Å². The molecule has 8 heteroatoms. The van der Waals surface area contributed by atoms with Crippen LogP contribution in [0.3, 0.4) is 0 Å². The predicted octanol–water partition coefficient (Wildman–Crippen LogP) is 3.40. The van der Waals surface area contributed by atoms with E-state index in [1.54, 1.807) is 23.4 Å². The van der Waals surface area contributed by atoms with Crippen molar-refractivity contribution in [2.24, 2.45) is 0 Å². The molecule has 0 saturated heterocycles. The number of H-pyrrole nitrogens is 1. The normalized spacial score (nSPS) is 21.3. The summed E-state index contributed by atoms with van der Waals surface area (Å²) < 4.78 is 5.47. The molecule has 8 nitrogen and oxygen atoms in total. The van der Waals surface area contributed by atoms with E-state index >= 15 is 0 Å². The lowest BCUT2D eigenvalue weighted by atomic mass is 9.80. The maximum absolute atomic E-state index is 12.4. The monoisotopic (exact) mass is 383 g/mol. The number of amides is 2. The fraction of sp³-hybridized carbons (Fsp3) is 0.500. The van der Waals surface area contributed by atoms with Gasteiger partial charge in [-0.25, -0.2) is 4.79 Å². The van der Waals surface area contributed by atoms with Crippen LogP contribution in [0.15, 0.2) is 30.6 Å². The summed E-state index contributed by atoms with van der Waals surface area (Å²) in [7, 11) is 0. The molecule has 2 N–H and O–H groups in total. The number of aromatic amines is 1. The van der Waals surface area contributed by atoms with Gasteiger partial charge in [-0.05, 0) is 44.2 Å². The second-order valence-corrected chi connectivity index (χ2v) is 7.44. The van der Waals surface area contributed by atoms with Crippen molar-refractivity contribution in [1.29, 1.82) is 0 Å². The number of hydrogen-bond donors (Lipinski definition) is 2. The zero-order valence-corrected chi connectivity index (χ0v) is 15.9. The molecule has 2 aliphatic carbocycles. The van der Waals surface area contributed by atoms with Gasteiger partial charge in [0.2, 0.25) is 5.91 Å². The van der Waals surface area contributed by atoms with Crippen molar-refractivity contribution in [3.8, 4) is 0 Å². The molecule has 0 aromatic carbocycles. The van der Waals surface area contributed by atoms with E-state index in [9.17, 15) is 9.59 Å². The molecule has 2 heterocycles. The number of carbonyl (C=O) groups is 2. The van der Waals surface area contributed by atoms with E-state index in [2.05, 4.69) is 20.5 Å². The number of alkyl carbamates (subject to hydrolysis) is 1. The number of hydrogen-bond acceptors (Lipinski definition) is 5. The number of rotatable bonds is 6. The highest BCUT2D eigenvalue weighted by molar-refractivity contribution is 5.99. The number of carbonyl (C=O) groups excluding carboxylic acids is 2. The van der Waals surface area contributed by atoms with Crippen molar-refractivity contribution in [1.82, 2.24) is 20.5 Å². The van der Waals surface area contributed by atoms with E-state index in [-0.39, 0.29) is 30.1 Å². The quantitative estimate of drug-likeness (QED) is 0.796. The summed E-state index contributed by atoms with van der Waals surface area (Å²) >= 11 is 0. The number of pyridine rings is 1. The summed E-state index contributed by atoms with van der Waals surface area (Å²) in [6.07, 6.45) is 8.09. The molecular formula is C20H25N5O3. The highest BCUT2D eigenvalue weighted by Gasteiger charge is 2.35. The van der Waals surface area contributed by atoms with Crippen molar-refractivity contribution >= 4 is 23.5 Å². The lowest BCUT2D eigenvalue weighted by Crippen LogP contribution is -2.43. The van der Waals surface area contributed by atoms with E-state index in [4.69, 9.17) is 4.74 Å². The molecule has 2 fully saturated rings. The molecule has 0 atom stereocenters. The molecule has 0 spiro atoms. The van der Waals surface area contributed by atoms with E-state index in [1.807, 2.05) is 19.1 Å².